The molecule has 1 fully saturated rings. The van der Waals surface area contributed by atoms with E-state index in [4.69, 9.17) is 4.74 Å². The molecule has 0 bridgehead atoms. The number of hydrogen-bond donors (Lipinski definition) is 1. The Hall–Kier alpha value is -1.98. The Morgan fingerprint density at radius 2 is 1.63 bits per heavy atom. The van der Waals surface area contributed by atoms with Crippen LogP contribution >= 0.6 is 11.3 Å². The van der Waals surface area contributed by atoms with E-state index < -0.39 is 0 Å². The summed E-state index contributed by atoms with van der Waals surface area (Å²) in [7, 11) is 0. The van der Waals surface area contributed by atoms with Crippen molar-refractivity contribution >= 4 is 11.3 Å². The molecular formula is C23H26N2OS. The van der Waals surface area contributed by atoms with Crippen LogP contribution in [0.4, 0.5) is 0 Å². The third-order valence-corrected chi connectivity index (χ3v) is 6.06. The fourth-order valence-electron chi connectivity index (χ4n) is 3.58. The molecule has 1 aliphatic rings. The SMILES string of the molecule is c1ccc(-c2ccc(CNC[C@@H](c3cccs3)N3CCOCC3)cc2)cc1. The molecule has 0 unspecified atom stereocenters. The average Bonchev–Trinajstić information content (AvgIpc) is 3.27. The lowest BCUT2D eigenvalue weighted by molar-refractivity contribution is 0.0168. The van der Waals surface area contributed by atoms with Gasteiger partial charge in [-0.1, -0.05) is 60.7 Å². The van der Waals surface area contributed by atoms with Gasteiger partial charge < -0.3 is 10.1 Å². The molecule has 3 aromatic rings. The number of nitrogens with zero attached hydrogens (tertiary/aromatic N) is 1. The topological polar surface area (TPSA) is 24.5 Å². The number of thiophene rings is 1. The summed E-state index contributed by atoms with van der Waals surface area (Å²) in [6, 6.07) is 24.2. The molecule has 3 nitrogen and oxygen atoms in total. The van der Waals surface area contributed by atoms with Gasteiger partial charge in [0.1, 0.15) is 0 Å². The standard InChI is InChI=1S/C23H26N2OS/c1-2-5-20(6-3-1)21-10-8-19(9-11-21)17-24-18-22(23-7-4-16-27-23)25-12-14-26-15-13-25/h1-11,16,22,24H,12-15,17-18H2/t22-/m0/s1. The van der Waals surface area contributed by atoms with Crippen LogP contribution in [-0.4, -0.2) is 37.7 Å². The summed E-state index contributed by atoms with van der Waals surface area (Å²) in [4.78, 5) is 3.98. The van der Waals surface area contributed by atoms with Crippen LogP contribution in [0.25, 0.3) is 11.1 Å². The van der Waals surface area contributed by atoms with Crippen LogP contribution in [0.2, 0.25) is 0 Å². The van der Waals surface area contributed by atoms with Gasteiger partial charge in [0.2, 0.25) is 0 Å². The monoisotopic (exact) mass is 378 g/mol. The minimum absolute atomic E-state index is 0.428. The van der Waals surface area contributed by atoms with Gasteiger partial charge in [-0.3, -0.25) is 4.90 Å². The quantitative estimate of drug-likeness (QED) is 0.651. The Kier molecular flexibility index (Phi) is 6.32. The summed E-state index contributed by atoms with van der Waals surface area (Å²) in [6.07, 6.45) is 0. The van der Waals surface area contributed by atoms with Crippen LogP contribution in [0, 0.1) is 0 Å². The van der Waals surface area contributed by atoms with Crippen molar-refractivity contribution in [2.75, 3.05) is 32.8 Å². The number of morpholine rings is 1. The second kappa shape index (κ2) is 9.29. The largest absolute Gasteiger partial charge is 0.379 e. The number of rotatable bonds is 7. The molecule has 2 aromatic carbocycles. The Morgan fingerprint density at radius 3 is 2.33 bits per heavy atom. The van der Waals surface area contributed by atoms with Crippen molar-refractivity contribution in [2.45, 2.75) is 12.6 Å². The van der Waals surface area contributed by atoms with Gasteiger partial charge in [-0.05, 0) is 28.1 Å². The molecule has 1 N–H and O–H groups in total. The Balaban J connectivity index is 1.36. The maximum absolute atomic E-state index is 5.53. The molecule has 1 saturated heterocycles. The zero-order valence-electron chi connectivity index (χ0n) is 15.5. The van der Waals surface area contributed by atoms with E-state index in [0.29, 0.717) is 6.04 Å². The maximum atomic E-state index is 5.53. The Labute approximate surface area is 165 Å². The summed E-state index contributed by atoms with van der Waals surface area (Å²) in [6.45, 7) is 5.54. The predicted molar refractivity (Wildman–Crippen MR) is 113 cm³/mol. The van der Waals surface area contributed by atoms with Gasteiger partial charge in [0.15, 0.2) is 0 Å². The van der Waals surface area contributed by atoms with Crippen molar-refractivity contribution in [1.82, 2.24) is 10.2 Å². The van der Waals surface area contributed by atoms with Crippen LogP contribution < -0.4 is 5.32 Å². The zero-order chi connectivity index (χ0) is 18.3. The van der Waals surface area contributed by atoms with Gasteiger partial charge in [-0.25, -0.2) is 0 Å². The van der Waals surface area contributed by atoms with Gasteiger partial charge >= 0.3 is 0 Å². The number of hydrogen-bond acceptors (Lipinski definition) is 4. The minimum Gasteiger partial charge on any atom is -0.379 e. The van der Waals surface area contributed by atoms with Crippen LogP contribution in [-0.2, 0) is 11.3 Å². The highest BCUT2D eigenvalue weighted by molar-refractivity contribution is 7.10. The smallest absolute Gasteiger partial charge is 0.0594 e. The summed E-state index contributed by atoms with van der Waals surface area (Å²) >= 11 is 1.85. The summed E-state index contributed by atoms with van der Waals surface area (Å²) in [5.41, 5.74) is 3.85. The Morgan fingerprint density at radius 1 is 0.889 bits per heavy atom. The molecule has 1 aromatic heterocycles. The molecule has 4 rings (SSSR count). The predicted octanol–water partition coefficient (Wildman–Crippen LogP) is 4.58. The summed E-state index contributed by atoms with van der Waals surface area (Å²) in [5, 5.41) is 5.84. The van der Waals surface area contributed by atoms with Crippen LogP contribution in [0.5, 0.6) is 0 Å². The van der Waals surface area contributed by atoms with E-state index in [2.05, 4.69) is 82.3 Å². The average molecular weight is 379 g/mol. The maximum Gasteiger partial charge on any atom is 0.0594 e. The van der Waals surface area contributed by atoms with Gasteiger partial charge in [0.25, 0.3) is 0 Å². The molecule has 0 aliphatic carbocycles. The lowest BCUT2D eigenvalue weighted by Gasteiger charge is -2.34. The van der Waals surface area contributed by atoms with E-state index in [1.807, 2.05) is 11.3 Å². The van der Waals surface area contributed by atoms with Crippen LogP contribution in [0.1, 0.15) is 16.5 Å². The summed E-state index contributed by atoms with van der Waals surface area (Å²) in [5.74, 6) is 0. The molecule has 4 heteroatoms. The molecule has 1 atom stereocenters. The van der Waals surface area contributed by atoms with Crippen LogP contribution in [0.15, 0.2) is 72.1 Å². The molecule has 0 amide bonds. The highest BCUT2D eigenvalue weighted by Gasteiger charge is 2.22. The van der Waals surface area contributed by atoms with E-state index in [9.17, 15) is 0 Å². The van der Waals surface area contributed by atoms with Crippen molar-refractivity contribution in [3.8, 4) is 11.1 Å². The number of benzene rings is 2. The zero-order valence-corrected chi connectivity index (χ0v) is 16.3. The molecule has 0 radical (unpaired) electrons. The van der Waals surface area contributed by atoms with Crippen molar-refractivity contribution in [1.29, 1.82) is 0 Å². The fraction of sp³-hybridized carbons (Fsp3) is 0.304. The first-order chi connectivity index (χ1) is 13.4. The molecule has 2 heterocycles. The highest BCUT2D eigenvalue weighted by atomic mass is 32.1. The molecule has 0 saturated carbocycles. The van der Waals surface area contributed by atoms with Gasteiger partial charge in [-0.2, -0.15) is 0 Å². The fourth-order valence-corrected chi connectivity index (χ4v) is 4.44. The van der Waals surface area contributed by atoms with E-state index in [0.717, 1.165) is 39.4 Å². The molecule has 1 aliphatic heterocycles. The van der Waals surface area contributed by atoms with Crippen molar-refractivity contribution < 1.29 is 4.74 Å². The van der Waals surface area contributed by atoms with Crippen molar-refractivity contribution in [2.24, 2.45) is 0 Å². The molecule has 0 spiro atoms. The second-order valence-corrected chi connectivity index (χ2v) is 7.85. The number of nitrogens with one attached hydrogen (secondary N) is 1. The lowest BCUT2D eigenvalue weighted by atomic mass is 10.0. The highest BCUT2D eigenvalue weighted by Crippen LogP contribution is 2.25. The number of ether oxygens (including phenoxy) is 1. The Bertz CT molecular complexity index is 796. The molecule has 27 heavy (non-hydrogen) atoms. The van der Waals surface area contributed by atoms with Crippen molar-refractivity contribution in [3.05, 3.63) is 82.6 Å². The van der Waals surface area contributed by atoms with E-state index in [1.165, 1.54) is 21.6 Å². The second-order valence-electron chi connectivity index (χ2n) is 6.87. The lowest BCUT2D eigenvalue weighted by Crippen LogP contribution is -2.42. The van der Waals surface area contributed by atoms with Gasteiger partial charge in [0.05, 0.1) is 19.3 Å². The van der Waals surface area contributed by atoms with E-state index >= 15 is 0 Å². The first kappa shape index (κ1) is 18.4. The molecular weight excluding hydrogens is 352 g/mol. The summed E-state index contributed by atoms with van der Waals surface area (Å²) < 4.78 is 5.53. The first-order valence-electron chi connectivity index (χ1n) is 9.60. The van der Waals surface area contributed by atoms with Gasteiger partial charge in [0, 0.05) is 31.1 Å². The minimum atomic E-state index is 0.428. The van der Waals surface area contributed by atoms with Crippen LogP contribution in [0.3, 0.4) is 0 Å². The van der Waals surface area contributed by atoms with Gasteiger partial charge in [-0.15, -0.1) is 11.3 Å². The third-order valence-electron chi connectivity index (χ3n) is 5.09. The van der Waals surface area contributed by atoms with E-state index in [1.54, 1.807) is 0 Å². The normalized spacial score (nSPS) is 16.3. The first-order valence-corrected chi connectivity index (χ1v) is 10.5. The van der Waals surface area contributed by atoms with E-state index in [-0.39, 0.29) is 0 Å². The molecule has 140 valence electrons. The van der Waals surface area contributed by atoms with Crippen molar-refractivity contribution in [3.63, 3.8) is 0 Å². The third kappa shape index (κ3) is 4.85.